The fourth-order valence-corrected chi connectivity index (χ4v) is 6.23. The number of nitrogens with zero attached hydrogens (tertiary/aromatic N) is 5. The first-order valence-corrected chi connectivity index (χ1v) is 14.7. The van der Waals surface area contributed by atoms with E-state index in [0.717, 1.165) is 24.2 Å². The summed E-state index contributed by atoms with van der Waals surface area (Å²) >= 11 is 6.18. The van der Waals surface area contributed by atoms with Crippen molar-refractivity contribution in [1.82, 2.24) is 14.8 Å². The molecule has 2 amide bonds. The average Bonchev–Trinajstić information content (AvgIpc) is 3.76. The van der Waals surface area contributed by atoms with E-state index in [1.54, 1.807) is 17.2 Å². The number of hydrogen-bond acceptors (Lipinski definition) is 6. The molecule has 42 heavy (non-hydrogen) atoms. The lowest BCUT2D eigenvalue weighted by atomic mass is 9.93. The Labute approximate surface area is 249 Å². The summed E-state index contributed by atoms with van der Waals surface area (Å²) < 4.78 is 19.1. The van der Waals surface area contributed by atoms with Gasteiger partial charge in [-0.2, -0.15) is 5.26 Å². The first-order chi connectivity index (χ1) is 20.4. The molecule has 2 aliphatic heterocycles. The van der Waals surface area contributed by atoms with Crippen LogP contribution in [0, 0.1) is 23.1 Å². The van der Waals surface area contributed by atoms with Crippen molar-refractivity contribution in [1.29, 1.82) is 5.26 Å². The molecule has 6 rings (SSSR count). The highest BCUT2D eigenvalue weighted by atomic mass is 35.5. The van der Waals surface area contributed by atoms with Crippen LogP contribution in [0.25, 0.3) is 0 Å². The Morgan fingerprint density at radius 2 is 1.69 bits per heavy atom. The number of halogens is 2. The van der Waals surface area contributed by atoms with Crippen molar-refractivity contribution in [3.63, 3.8) is 0 Å². The van der Waals surface area contributed by atoms with Gasteiger partial charge >= 0.3 is 6.09 Å². The van der Waals surface area contributed by atoms with E-state index in [9.17, 15) is 14.0 Å². The molecule has 0 spiro atoms. The normalized spacial score (nSPS) is 20.7. The van der Waals surface area contributed by atoms with Gasteiger partial charge in [0.2, 0.25) is 5.91 Å². The third kappa shape index (κ3) is 6.04. The Balaban J connectivity index is 1.18. The Hall–Kier alpha value is -4.16. The van der Waals surface area contributed by atoms with Gasteiger partial charge < -0.3 is 14.5 Å². The molecule has 1 saturated carbocycles. The second kappa shape index (κ2) is 12.0. The monoisotopic (exact) mass is 587 g/mol. The van der Waals surface area contributed by atoms with Crippen LogP contribution in [0.5, 0.6) is 5.75 Å². The Kier molecular flexibility index (Phi) is 7.98. The molecule has 8 nitrogen and oxygen atoms in total. The molecule has 1 aliphatic carbocycles. The van der Waals surface area contributed by atoms with Crippen LogP contribution >= 0.6 is 11.6 Å². The van der Waals surface area contributed by atoms with E-state index in [1.165, 1.54) is 24.3 Å². The smallest absolute Gasteiger partial charge is 0.410 e. The van der Waals surface area contributed by atoms with Crippen LogP contribution in [0.15, 0.2) is 66.9 Å². The largest absolute Gasteiger partial charge is 0.415 e. The van der Waals surface area contributed by atoms with Crippen LogP contribution in [-0.4, -0.2) is 65.0 Å². The number of anilines is 1. The van der Waals surface area contributed by atoms with E-state index in [0.29, 0.717) is 49.6 Å². The minimum Gasteiger partial charge on any atom is -0.410 e. The quantitative estimate of drug-likeness (QED) is 0.372. The zero-order valence-electron chi connectivity index (χ0n) is 23.0. The fraction of sp³-hybridized carbons (Fsp3) is 0.375. The van der Waals surface area contributed by atoms with Crippen molar-refractivity contribution < 1.29 is 18.7 Å². The average molecular weight is 588 g/mol. The Morgan fingerprint density at radius 1 is 0.976 bits per heavy atom. The number of piperidine rings is 1. The predicted molar refractivity (Wildman–Crippen MR) is 156 cm³/mol. The topological polar surface area (TPSA) is 89.8 Å². The van der Waals surface area contributed by atoms with E-state index in [4.69, 9.17) is 21.6 Å². The summed E-state index contributed by atoms with van der Waals surface area (Å²) in [6.45, 7) is 2.31. The molecule has 2 saturated heterocycles. The highest BCUT2D eigenvalue weighted by Gasteiger charge is 2.48. The van der Waals surface area contributed by atoms with E-state index >= 15 is 0 Å². The van der Waals surface area contributed by atoms with Crippen LogP contribution in [0.2, 0.25) is 5.02 Å². The zero-order chi connectivity index (χ0) is 29.2. The molecular weight excluding hydrogens is 557 g/mol. The van der Waals surface area contributed by atoms with Gasteiger partial charge in [-0.3, -0.25) is 9.69 Å². The summed E-state index contributed by atoms with van der Waals surface area (Å²) in [4.78, 5) is 37.7. The molecule has 1 aromatic heterocycles. The fourth-order valence-electron chi connectivity index (χ4n) is 6.10. The lowest BCUT2D eigenvalue weighted by Crippen LogP contribution is -2.48. The number of aromatic nitrogens is 1. The third-order valence-corrected chi connectivity index (χ3v) is 8.72. The van der Waals surface area contributed by atoms with Gasteiger partial charge in [-0.05, 0) is 79.8 Å². The summed E-state index contributed by atoms with van der Waals surface area (Å²) in [7, 11) is 0. The summed E-state index contributed by atoms with van der Waals surface area (Å²) in [6.07, 6.45) is 4.24. The maximum atomic E-state index is 13.9. The molecule has 0 unspecified atom stereocenters. The van der Waals surface area contributed by atoms with Gasteiger partial charge in [-0.25, -0.2) is 14.2 Å². The number of rotatable bonds is 6. The number of hydrogen-bond donors (Lipinski definition) is 0. The maximum absolute atomic E-state index is 13.9. The minimum atomic E-state index is -0.481. The predicted octanol–water partition coefficient (Wildman–Crippen LogP) is 5.62. The number of nitriles is 1. The molecule has 3 heterocycles. The first kappa shape index (κ1) is 28.0. The van der Waals surface area contributed by atoms with Crippen LogP contribution in [-0.2, 0) is 4.79 Å². The van der Waals surface area contributed by atoms with E-state index in [1.807, 2.05) is 35.2 Å². The number of amides is 2. The molecule has 3 aliphatic rings. The van der Waals surface area contributed by atoms with Gasteiger partial charge in [0, 0.05) is 55.3 Å². The third-order valence-electron chi connectivity index (χ3n) is 8.47. The number of carbonyl (C=O) groups excluding carboxylic acids is 2. The lowest BCUT2D eigenvalue weighted by Gasteiger charge is -2.34. The number of pyridine rings is 1. The van der Waals surface area contributed by atoms with E-state index in [2.05, 4.69) is 16.0 Å². The number of likely N-dealkylation sites (tertiary alicyclic amines) is 1. The van der Waals surface area contributed by atoms with Crippen molar-refractivity contribution in [3.8, 4) is 11.8 Å². The van der Waals surface area contributed by atoms with Crippen LogP contribution in [0.1, 0.15) is 42.7 Å². The molecule has 2 aromatic carbocycles. The molecule has 0 radical (unpaired) electrons. The number of ether oxygens (including phenoxy) is 1. The number of benzene rings is 2. The minimum absolute atomic E-state index is 0.0379. The second-order valence-electron chi connectivity index (χ2n) is 11.2. The summed E-state index contributed by atoms with van der Waals surface area (Å²) in [5.41, 5.74) is 1.53. The van der Waals surface area contributed by atoms with Crippen molar-refractivity contribution >= 4 is 29.4 Å². The van der Waals surface area contributed by atoms with Crippen LogP contribution in [0.4, 0.5) is 15.0 Å². The molecule has 0 N–H and O–H groups in total. The Bertz CT molecular complexity index is 1470. The van der Waals surface area contributed by atoms with Crippen LogP contribution in [0.3, 0.4) is 0 Å². The van der Waals surface area contributed by atoms with Crippen molar-refractivity contribution in [2.75, 3.05) is 31.1 Å². The van der Waals surface area contributed by atoms with Crippen molar-refractivity contribution in [2.45, 2.75) is 43.7 Å². The molecule has 3 aromatic rings. The summed E-state index contributed by atoms with van der Waals surface area (Å²) in [5.74, 6) is 0.570. The molecule has 2 atom stereocenters. The first-order valence-electron chi connectivity index (χ1n) is 14.3. The molecule has 0 bridgehead atoms. The molecular formula is C32H31ClFN5O3. The molecule has 3 fully saturated rings. The summed E-state index contributed by atoms with van der Waals surface area (Å²) in [5, 5.41) is 9.67. The van der Waals surface area contributed by atoms with Gasteiger partial charge in [0.25, 0.3) is 0 Å². The summed E-state index contributed by atoms with van der Waals surface area (Å²) in [6, 6.07) is 18.5. The van der Waals surface area contributed by atoms with Gasteiger partial charge in [0.1, 0.15) is 23.5 Å². The van der Waals surface area contributed by atoms with Gasteiger partial charge in [-0.15, -0.1) is 0 Å². The van der Waals surface area contributed by atoms with E-state index in [-0.39, 0.29) is 35.6 Å². The zero-order valence-corrected chi connectivity index (χ0v) is 23.8. The Morgan fingerprint density at radius 3 is 2.31 bits per heavy atom. The highest BCUT2D eigenvalue weighted by molar-refractivity contribution is 6.30. The highest BCUT2D eigenvalue weighted by Crippen LogP contribution is 2.39. The van der Waals surface area contributed by atoms with Crippen LogP contribution < -0.4 is 9.64 Å². The SMILES string of the molecule is N#Cc1ccc(N2CCC(C(=O)N3C[C@H](c4ccc(Cl)cc4)[C@@H](N(C(=O)Oc4ccc(F)cc4)C4CC4)C3)CC2)nc1. The standard InChI is InChI=1S/C32H31ClFN5O3/c33-24-4-2-22(3-5-24)28-19-38(31(40)23-13-15-37(16-14-23)30-12-1-21(17-35)18-36-30)20-29(28)39(26-8-9-26)32(41)42-27-10-6-25(34)7-11-27/h1-7,10-12,18,23,26,28-29H,8-9,13-16,19-20H2/t28-,29+/m1/s1. The van der Waals surface area contributed by atoms with Gasteiger partial charge in [0.15, 0.2) is 0 Å². The number of carbonyl (C=O) groups is 2. The molecule has 216 valence electrons. The van der Waals surface area contributed by atoms with Crippen molar-refractivity contribution in [3.05, 3.63) is 88.8 Å². The second-order valence-corrected chi connectivity index (χ2v) is 11.6. The maximum Gasteiger partial charge on any atom is 0.415 e. The molecule has 10 heteroatoms. The lowest BCUT2D eigenvalue weighted by molar-refractivity contribution is -0.135. The van der Waals surface area contributed by atoms with Gasteiger partial charge in [-0.1, -0.05) is 23.7 Å². The van der Waals surface area contributed by atoms with Gasteiger partial charge in [0.05, 0.1) is 11.6 Å². The van der Waals surface area contributed by atoms with Crippen molar-refractivity contribution in [2.24, 2.45) is 5.92 Å². The van der Waals surface area contributed by atoms with E-state index < -0.39 is 11.9 Å².